The topological polar surface area (TPSA) is 68.5 Å². The Hall–Kier alpha value is -2.56. The predicted molar refractivity (Wildman–Crippen MR) is 75.8 cm³/mol. The van der Waals surface area contributed by atoms with Crippen molar-refractivity contribution in [3.63, 3.8) is 0 Å². The van der Waals surface area contributed by atoms with Gasteiger partial charge in [0.1, 0.15) is 0 Å². The third-order valence-electron chi connectivity index (χ3n) is 4.04. The van der Waals surface area contributed by atoms with E-state index in [0.717, 1.165) is 16.8 Å². The van der Waals surface area contributed by atoms with E-state index in [2.05, 4.69) is 0 Å². The lowest BCUT2D eigenvalue weighted by Gasteiger charge is -2.21. The van der Waals surface area contributed by atoms with Crippen LogP contribution in [-0.4, -0.2) is 28.7 Å². The molecule has 0 unspecified atom stereocenters. The van der Waals surface area contributed by atoms with Gasteiger partial charge in [0.05, 0.1) is 18.2 Å². The molecule has 2 heterocycles. The number of esters is 1. The van der Waals surface area contributed by atoms with Crippen LogP contribution in [0, 0.1) is 6.92 Å². The van der Waals surface area contributed by atoms with E-state index in [1.165, 1.54) is 7.11 Å². The third-order valence-corrected chi connectivity index (χ3v) is 4.04. The largest absolute Gasteiger partial charge is 0.478 e. The summed E-state index contributed by atoms with van der Waals surface area (Å²) in [4.78, 5) is 23.6. The van der Waals surface area contributed by atoms with Crippen molar-refractivity contribution in [2.75, 3.05) is 7.11 Å². The maximum absolute atomic E-state index is 12.0. The van der Waals surface area contributed by atoms with Gasteiger partial charge in [-0.3, -0.25) is 0 Å². The molecule has 3 rings (SSSR count). The van der Waals surface area contributed by atoms with Gasteiger partial charge in [-0.2, -0.15) is 0 Å². The number of fused-ring (bicyclic) bond motifs is 2. The molecule has 1 aromatic heterocycles. The van der Waals surface area contributed by atoms with Gasteiger partial charge in [-0.25, -0.2) is 9.59 Å². The Bertz CT molecular complexity index is 758. The van der Waals surface area contributed by atoms with Gasteiger partial charge < -0.3 is 14.4 Å². The minimum atomic E-state index is -1.10. The van der Waals surface area contributed by atoms with Gasteiger partial charge in [-0.05, 0) is 18.1 Å². The molecule has 108 valence electrons. The predicted octanol–water partition coefficient (Wildman–Crippen LogP) is 2.23. The lowest BCUT2D eigenvalue weighted by atomic mass is 9.97. The summed E-state index contributed by atoms with van der Waals surface area (Å²) in [5.41, 5.74) is 3.80. The monoisotopic (exact) mass is 285 g/mol. The summed E-state index contributed by atoms with van der Waals surface area (Å²) in [6, 6.07) is 7.93. The molecule has 1 aromatic carbocycles. The second-order valence-corrected chi connectivity index (χ2v) is 5.11. The van der Waals surface area contributed by atoms with Crippen molar-refractivity contribution in [3.8, 4) is 0 Å². The summed E-state index contributed by atoms with van der Waals surface area (Å²) in [6.07, 6.45) is 0.536. The smallest absolute Gasteiger partial charge is 0.340 e. The second kappa shape index (κ2) is 4.77. The Morgan fingerprint density at radius 1 is 1.19 bits per heavy atom. The number of aromatic nitrogens is 1. The Morgan fingerprint density at radius 3 is 2.48 bits per heavy atom. The van der Waals surface area contributed by atoms with E-state index in [0.29, 0.717) is 18.7 Å². The summed E-state index contributed by atoms with van der Waals surface area (Å²) in [7, 11) is 1.27. The SMILES string of the molecule is COC(=O)c1c(C(=O)O)c(C)n2c1Cc1ccccc1C2. The third kappa shape index (κ3) is 1.93. The van der Waals surface area contributed by atoms with Crippen molar-refractivity contribution >= 4 is 11.9 Å². The second-order valence-electron chi connectivity index (χ2n) is 5.11. The van der Waals surface area contributed by atoms with Crippen molar-refractivity contribution in [2.45, 2.75) is 19.9 Å². The van der Waals surface area contributed by atoms with Crippen LogP contribution in [0.5, 0.6) is 0 Å². The Balaban J connectivity index is 2.24. The molecule has 2 aromatic rings. The first kappa shape index (κ1) is 13.4. The fraction of sp³-hybridized carbons (Fsp3) is 0.250. The minimum absolute atomic E-state index is 0.0460. The molecule has 5 nitrogen and oxygen atoms in total. The highest BCUT2D eigenvalue weighted by Gasteiger charge is 2.32. The van der Waals surface area contributed by atoms with Crippen LogP contribution < -0.4 is 0 Å². The van der Waals surface area contributed by atoms with Crippen LogP contribution in [0.25, 0.3) is 0 Å². The fourth-order valence-electron chi connectivity index (χ4n) is 3.01. The number of hydrogen-bond acceptors (Lipinski definition) is 3. The summed E-state index contributed by atoms with van der Waals surface area (Å²) >= 11 is 0. The molecule has 0 fully saturated rings. The lowest BCUT2D eigenvalue weighted by molar-refractivity contribution is 0.0582. The van der Waals surface area contributed by atoms with Crippen molar-refractivity contribution in [2.24, 2.45) is 0 Å². The first-order chi connectivity index (χ1) is 10.0. The van der Waals surface area contributed by atoms with Crippen LogP contribution in [0.2, 0.25) is 0 Å². The van der Waals surface area contributed by atoms with Gasteiger partial charge >= 0.3 is 11.9 Å². The van der Waals surface area contributed by atoms with E-state index in [1.54, 1.807) is 6.92 Å². The highest BCUT2D eigenvalue weighted by Crippen LogP contribution is 2.31. The van der Waals surface area contributed by atoms with Crippen LogP contribution in [0.15, 0.2) is 24.3 Å². The molecule has 0 amide bonds. The molecule has 0 aliphatic carbocycles. The van der Waals surface area contributed by atoms with Crippen molar-refractivity contribution in [1.29, 1.82) is 0 Å². The first-order valence-corrected chi connectivity index (χ1v) is 6.65. The molecular weight excluding hydrogens is 270 g/mol. The molecule has 0 saturated heterocycles. The number of rotatable bonds is 2. The molecule has 5 heteroatoms. The molecule has 0 radical (unpaired) electrons. The van der Waals surface area contributed by atoms with Crippen LogP contribution in [0.3, 0.4) is 0 Å². The lowest BCUT2D eigenvalue weighted by Crippen LogP contribution is -2.17. The standard InChI is InChI=1S/C16H15NO4/c1-9-13(15(18)19)14(16(20)21-2)12-7-10-5-3-4-6-11(10)8-17(9)12/h3-6H,7-8H2,1-2H3,(H,18,19). The average molecular weight is 285 g/mol. The van der Waals surface area contributed by atoms with Crippen molar-refractivity contribution in [1.82, 2.24) is 4.57 Å². The summed E-state index contributed by atoms with van der Waals surface area (Å²) < 4.78 is 6.68. The number of carbonyl (C=O) groups excluding carboxylic acids is 1. The van der Waals surface area contributed by atoms with Gasteiger partial charge in [-0.1, -0.05) is 24.3 Å². The minimum Gasteiger partial charge on any atom is -0.478 e. The number of carboxylic acid groups (broad SMARTS) is 1. The van der Waals surface area contributed by atoms with E-state index < -0.39 is 11.9 Å². The number of aromatic carboxylic acids is 1. The molecule has 1 aliphatic rings. The molecular formula is C16H15NO4. The molecule has 21 heavy (non-hydrogen) atoms. The van der Waals surface area contributed by atoms with E-state index in [1.807, 2.05) is 28.8 Å². The van der Waals surface area contributed by atoms with Crippen LogP contribution in [0.1, 0.15) is 43.2 Å². The van der Waals surface area contributed by atoms with E-state index in [9.17, 15) is 14.7 Å². The number of carboxylic acids is 1. The highest BCUT2D eigenvalue weighted by molar-refractivity contribution is 6.04. The number of ether oxygens (including phenoxy) is 1. The first-order valence-electron chi connectivity index (χ1n) is 6.65. The zero-order valence-electron chi connectivity index (χ0n) is 11.8. The van der Waals surface area contributed by atoms with Crippen molar-refractivity contribution in [3.05, 3.63) is 57.9 Å². The molecule has 0 atom stereocenters. The average Bonchev–Trinajstić information content (AvgIpc) is 2.77. The summed E-state index contributed by atoms with van der Waals surface area (Å²) in [5.74, 6) is -1.69. The number of methoxy groups -OCH3 is 1. The Labute approximate surface area is 121 Å². The number of nitrogens with zero attached hydrogens (tertiary/aromatic N) is 1. The number of benzene rings is 1. The quantitative estimate of drug-likeness (QED) is 0.733. The zero-order valence-corrected chi connectivity index (χ0v) is 11.8. The van der Waals surface area contributed by atoms with E-state index in [4.69, 9.17) is 4.74 Å². The highest BCUT2D eigenvalue weighted by atomic mass is 16.5. The summed E-state index contributed by atoms with van der Waals surface area (Å²) in [6.45, 7) is 2.31. The van der Waals surface area contributed by atoms with E-state index in [-0.39, 0.29) is 11.1 Å². The molecule has 1 N–H and O–H groups in total. The van der Waals surface area contributed by atoms with Crippen molar-refractivity contribution < 1.29 is 19.4 Å². The molecule has 1 aliphatic heterocycles. The Kier molecular flexibility index (Phi) is 3.05. The molecule has 0 saturated carbocycles. The Morgan fingerprint density at radius 2 is 1.86 bits per heavy atom. The maximum atomic E-state index is 12.0. The van der Waals surface area contributed by atoms with Gasteiger partial charge in [0.25, 0.3) is 0 Å². The molecule has 0 spiro atoms. The summed E-state index contributed by atoms with van der Waals surface area (Å²) in [5, 5.41) is 9.44. The van der Waals surface area contributed by atoms with Crippen LogP contribution in [0.4, 0.5) is 0 Å². The van der Waals surface area contributed by atoms with Gasteiger partial charge in [0, 0.05) is 24.4 Å². The van der Waals surface area contributed by atoms with E-state index >= 15 is 0 Å². The van der Waals surface area contributed by atoms with Gasteiger partial charge in [0.15, 0.2) is 0 Å². The molecule has 0 bridgehead atoms. The zero-order chi connectivity index (χ0) is 15.1. The van der Waals surface area contributed by atoms with Gasteiger partial charge in [-0.15, -0.1) is 0 Å². The van der Waals surface area contributed by atoms with Crippen LogP contribution in [-0.2, 0) is 17.7 Å². The number of carbonyl (C=O) groups is 2. The number of hydrogen-bond donors (Lipinski definition) is 1. The van der Waals surface area contributed by atoms with Gasteiger partial charge in [0.2, 0.25) is 0 Å². The normalized spacial score (nSPS) is 12.5. The maximum Gasteiger partial charge on any atom is 0.340 e. The van der Waals surface area contributed by atoms with Crippen LogP contribution >= 0.6 is 0 Å². The fourth-order valence-corrected chi connectivity index (χ4v) is 3.01.